The van der Waals surface area contributed by atoms with Crippen LogP contribution in [0.25, 0.3) is 0 Å². The molecule has 3 N–H and O–H groups in total. The number of unbranched alkanes of at least 4 members (excludes halogenated alkanes) is 1. The number of hydrogen-bond acceptors (Lipinski definition) is 2. The highest BCUT2D eigenvalue weighted by Crippen LogP contribution is 1.99. The number of amides is 1. The molecule has 0 saturated heterocycles. The summed E-state index contributed by atoms with van der Waals surface area (Å²) in [4.78, 5) is 11.3. The van der Waals surface area contributed by atoms with Gasteiger partial charge in [-0.25, -0.2) is 0 Å². The molecule has 1 unspecified atom stereocenters. The number of nitrogens with two attached hydrogens (primary N) is 1. The Bertz CT molecular complexity index is 148. The Balaban J connectivity index is 3.64. The molecule has 3 nitrogen and oxygen atoms in total. The lowest BCUT2D eigenvalue weighted by Gasteiger charge is -2.16. The highest BCUT2D eigenvalue weighted by molar-refractivity contribution is 5.81. The van der Waals surface area contributed by atoms with Crippen LogP contribution in [0, 0.1) is 0 Å². The zero-order valence-corrected chi connectivity index (χ0v) is 8.97. The third kappa shape index (κ3) is 5.64. The van der Waals surface area contributed by atoms with Crippen LogP contribution in [-0.4, -0.2) is 18.0 Å². The zero-order chi connectivity index (χ0) is 10.3. The van der Waals surface area contributed by atoms with Crippen molar-refractivity contribution in [3.63, 3.8) is 0 Å². The van der Waals surface area contributed by atoms with Crippen molar-refractivity contribution in [2.45, 2.75) is 58.5 Å². The molecule has 0 aromatic carbocycles. The summed E-state index contributed by atoms with van der Waals surface area (Å²) in [6.07, 6.45) is 4.06. The summed E-state index contributed by atoms with van der Waals surface area (Å²) in [5.74, 6) is -0.0221. The Kier molecular flexibility index (Phi) is 6.59. The minimum atomic E-state index is -0.343. The normalized spacial score (nSPS) is 15.1. The summed E-state index contributed by atoms with van der Waals surface area (Å²) < 4.78 is 0. The zero-order valence-electron chi connectivity index (χ0n) is 8.97. The van der Waals surface area contributed by atoms with E-state index in [1.807, 2.05) is 13.8 Å². The molecule has 0 aromatic heterocycles. The molecule has 0 rings (SSSR count). The molecule has 13 heavy (non-hydrogen) atoms. The average molecular weight is 186 g/mol. The molecule has 0 heterocycles. The lowest BCUT2D eigenvalue weighted by atomic mass is 10.1. The number of carbonyl (C=O) groups is 1. The standard InChI is InChI=1S/C10H22N2O/c1-4-6-7-8(3)12-10(13)9(11)5-2/h8-9H,4-7,11H2,1-3H3,(H,12,13)/t8?,9-/m1/s1. The molecule has 78 valence electrons. The minimum absolute atomic E-state index is 0.0221. The molecule has 0 saturated carbocycles. The van der Waals surface area contributed by atoms with Gasteiger partial charge in [-0.2, -0.15) is 0 Å². The predicted octanol–water partition coefficient (Wildman–Crippen LogP) is 1.42. The summed E-state index contributed by atoms with van der Waals surface area (Å²) in [6.45, 7) is 6.09. The summed E-state index contributed by atoms with van der Waals surface area (Å²) in [6, 6.07) is -0.0888. The average Bonchev–Trinajstić information content (AvgIpc) is 2.13. The third-order valence-corrected chi connectivity index (χ3v) is 2.16. The van der Waals surface area contributed by atoms with Crippen molar-refractivity contribution >= 4 is 5.91 Å². The van der Waals surface area contributed by atoms with E-state index in [1.54, 1.807) is 0 Å². The maximum atomic E-state index is 11.3. The van der Waals surface area contributed by atoms with Gasteiger partial charge in [-0.1, -0.05) is 26.7 Å². The van der Waals surface area contributed by atoms with E-state index in [9.17, 15) is 4.79 Å². The second-order valence-electron chi connectivity index (χ2n) is 3.57. The molecule has 2 atom stereocenters. The Morgan fingerprint density at radius 3 is 2.54 bits per heavy atom. The van der Waals surface area contributed by atoms with E-state index < -0.39 is 0 Å². The van der Waals surface area contributed by atoms with Crippen LogP contribution >= 0.6 is 0 Å². The first-order valence-corrected chi connectivity index (χ1v) is 5.17. The third-order valence-electron chi connectivity index (χ3n) is 2.16. The van der Waals surface area contributed by atoms with E-state index in [4.69, 9.17) is 5.73 Å². The fraction of sp³-hybridized carbons (Fsp3) is 0.900. The molecule has 0 aliphatic heterocycles. The molecule has 3 heteroatoms. The first kappa shape index (κ1) is 12.4. The maximum Gasteiger partial charge on any atom is 0.237 e. The molecule has 0 aliphatic carbocycles. The van der Waals surface area contributed by atoms with E-state index in [1.165, 1.54) is 6.42 Å². The summed E-state index contributed by atoms with van der Waals surface area (Å²) in [5.41, 5.74) is 5.58. The molecule has 0 aromatic rings. The van der Waals surface area contributed by atoms with Crippen molar-refractivity contribution in [2.24, 2.45) is 5.73 Å². The van der Waals surface area contributed by atoms with Crippen molar-refractivity contribution in [1.82, 2.24) is 5.32 Å². The number of hydrogen-bond donors (Lipinski definition) is 2. The van der Waals surface area contributed by atoms with Crippen LogP contribution in [0.1, 0.15) is 46.5 Å². The van der Waals surface area contributed by atoms with Gasteiger partial charge in [0.15, 0.2) is 0 Å². The smallest absolute Gasteiger partial charge is 0.237 e. The summed E-state index contributed by atoms with van der Waals surface area (Å²) in [5, 5.41) is 2.90. The highest BCUT2D eigenvalue weighted by Gasteiger charge is 2.12. The van der Waals surface area contributed by atoms with E-state index in [0.29, 0.717) is 6.42 Å². The topological polar surface area (TPSA) is 55.1 Å². The molecule has 0 spiro atoms. The quantitative estimate of drug-likeness (QED) is 0.659. The van der Waals surface area contributed by atoms with Crippen LogP contribution in [0.15, 0.2) is 0 Å². The van der Waals surface area contributed by atoms with Crippen molar-refractivity contribution < 1.29 is 4.79 Å². The van der Waals surface area contributed by atoms with Crippen molar-refractivity contribution in [3.05, 3.63) is 0 Å². The predicted molar refractivity (Wildman–Crippen MR) is 55.4 cm³/mol. The number of carbonyl (C=O) groups excluding carboxylic acids is 1. The first-order valence-electron chi connectivity index (χ1n) is 5.17. The van der Waals surface area contributed by atoms with E-state index >= 15 is 0 Å². The SMILES string of the molecule is CCCCC(C)NC(=O)[C@H](N)CC. The van der Waals surface area contributed by atoms with Gasteiger partial charge < -0.3 is 11.1 Å². The first-order chi connectivity index (χ1) is 6.11. The van der Waals surface area contributed by atoms with E-state index in [0.717, 1.165) is 12.8 Å². The lowest BCUT2D eigenvalue weighted by Crippen LogP contribution is -2.44. The van der Waals surface area contributed by atoms with E-state index in [2.05, 4.69) is 12.2 Å². The Morgan fingerprint density at radius 2 is 2.08 bits per heavy atom. The van der Waals surface area contributed by atoms with Gasteiger partial charge in [-0.15, -0.1) is 0 Å². The monoisotopic (exact) mass is 186 g/mol. The Labute approximate surface area is 81.1 Å². The molecular formula is C10H22N2O. The van der Waals surface area contributed by atoms with Gasteiger partial charge in [0.2, 0.25) is 5.91 Å². The molecule has 0 aliphatic rings. The van der Waals surface area contributed by atoms with Crippen LogP contribution in [-0.2, 0) is 4.79 Å². The number of nitrogens with one attached hydrogen (secondary N) is 1. The maximum absolute atomic E-state index is 11.3. The molecule has 0 fully saturated rings. The van der Waals surface area contributed by atoms with Gasteiger partial charge in [0.1, 0.15) is 0 Å². The van der Waals surface area contributed by atoms with Crippen LogP contribution in [0.3, 0.4) is 0 Å². The fourth-order valence-corrected chi connectivity index (χ4v) is 1.12. The van der Waals surface area contributed by atoms with Crippen LogP contribution in [0.2, 0.25) is 0 Å². The summed E-state index contributed by atoms with van der Waals surface area (Å²) in [7, 11) is 0. The van der Waals surface area contributed by atoms with Gasteiger partial charge >= 0.3 is 0 Å². The van der Waals surface area contributed by atoms with Crippen LogP contribution < -0.4 is 11.1 Å². The highest BCUT2D eigenvalue weighted by atomic mass is 16.2. The van der Waals surface area contributed by atoms with Crippen LogP contribution in [0.4, 0.5) is 0 Å². The minimum Gasteiger partial charge on any atom is -0.352 e. The van der Waals surface area contributed by atoms with Crippen molar-refractivity contribution in [1.29, 1.82) is 0 Å². The largest absolute Gasteiger partial charge is 0.352 e. The Morgan fingerprint density at radius 1 is 1.46 bits per heavy atom. The second kappa shape index (κ2) is 6.89. The molecule has 0 bridgehead atoms. The van der Waals surface area contributed by atoms with Crippen LogP contribution in [0.5, 0.6) is 0 Å². The number of rotatable bonds is 6. The van der Waals surface area contributed by atoms with Gasteiger partial charge in [-0.05, 0) is 19.8 Å². The van der Waals surface area contributed by atoms with Gasteiger partial charge in [0.05, 0.1) is 6.04 Å². The van der Waals surface area contributed by atoms with Gasteiger partial charge in [0, 0.05) is 6.04 Å². The molecule has 1 amide bonds. The van der Waals surface area contributed by atoms with Crippen molar-refractivity contribution in [3.8, 4) is 0 Å². The molecular weight excluding hydrogens is 164 g/mol. The fourth-order valence-electron chi connectivity index (χ4n) is 1.12. The van der Waals surface area contributed by atoms with Gasteiger partial charge in [0.25, 0.3) is 0 Å². The molecule has 0 radical (unpaired) electrons. The Hall–Kier alpha value is -0.570. The second-order valence-corrected chi connectivity index (χ2v) is 3.57. The lowest BCUT2D eigenvalue weighted by molar-refractivity contribution is -0.123. The van der Waals surface area contributed by atoms with Gasteiger partial charge in [-0.3, -0.25) is 4.79 Å². The van der Waals surface area contributed by atoms with Crippen molar-refractivity contribution in [2.75, 3.05) is 0 Å². The summed E-state index contributed by atoms with van der Waals surface area (Å²) >= 11 is 0. The van der Waals surface area contributed by atoms with E-state index in [-0.39, 0.29) is 18.0 Å².